The molecule has 0 saturated carbocycles. The Bertz CT molecular complexity index is 1610. The lowest BCUT2D eigenvalue weighted by atomic mass is 9.97. The Labute approximate surface area is 233 Å². The van der Waals surface area contributed by atoms with Crippen molar-refractivity contribution < 1.29 is 18.7 Å². The summed E-state index contributed by atoms with van der Waals surface area (Å²) in [6.45, 7) is 9.00. The zero-order valence-electron chi connectivity index (χ0n) is 22.8. The van der Waals surface area contributed by atoms with Crippen LogP contribution >= 0.6 is 11.6 Å². The van der Waals surface area contributed by atoms with Crippen LogP contribution in [0.25, 0.3) is 11.0 Å². The zero-order chi connectivity index (χ0) is 27.8. The molecule has 1 atom stereocenters. The highest BCUT2D eigenvalue weighted by Gasteiger charge is 2.43. The van der Waals surface area contributed by atoms with Crippen LogP contribution < -0.4 is 14.9 Å². The maximum atomic E-state index is 13.9. The topological polar surface area (TPSA) is 69.0 Å². The number of hydrogen-bond acceptors (Lipinski definition) is 5. The first-order valence-electron chi connectivity index (χ1n) is 13.1. The largest absolute Gasteiger partial charge is 0.493 e. The Kier molecular flexibility index (Phi) is 7.41. The van der Waals surface area contributed by atoms with Gasteiger partial charge in [-0.25, -0.2) is 0 Å². The van der Waals surface area contributed by atoms with Gasteiger partial charge in [0.1, 0.15) is 5.58 Å². The van der Waals surface area contributed by atoms with Gasteiger partial charge in [0.25, 0.3) is 5.91 Å². The van der Waals surface area contributed by atoms with Crippen molar-refractivity contribution in [1.82, 2.24) is 4.90 Å². The number of carbonyl (C=O) groups is 1. The molecular formula is C32H32ClNO5. The van der Waals surface area contributed by atoms with Crippen molar-refractivity contribution in [3.63, 3.8) is 0 Å². The molecule has 0 fully saturated rings. The van der Waals surface area contributed by atoms with Crippen LogP contribution in [0.2, 0.25) is 5.02 Å². The number of carbonyl (C=O) groups excluding carboxylic acids is 1. The van der Waals surface area contributed by atoms with Crippen molar-refractivity contribution in [2.45, 2.75) is 46.7 Å². The molecule has 0 bridgehead atoms. The molecule has 1 aliphatic rings. The minimum absolute atomic E-state index is 0.0579. The van der Waals surface area contributed by atoms with E-state index in [-0.39, 0.29) is 17.1 Å². The van der Waals surface area contributed by atoms with Gasteiger partial charge in [0, 0.05) is 11.6 Å². The first kappa shape index (κ1) is 26.8. The monoisotopic (exact) mass is 545 g/mol. The van der Waals surface area contributed by atoms with Gasteiger partial charge < -0.3 is 18.8 Å². The number of rotatable bonds is 8. The molecule has 1 aromatic heterocycles. The van der Waals surface area contributed by atoms with Crippen molar-refractivity contribution in [2.75, 3.05) is 13.7 Å². The van der Waals surface area contributed by atoms with Crippen molar-refractivity contribution in [1.29, 1.82) is 0 Å². The average molecular weight is 546 g/mol. The molecule has 4 aromatic rings. The highest BCUT2D eigenvalue weighted by atomic mass is 35.5. The second-order valence-corrected chi connectivity index (χ2v) is 10.9. The van der Waals surface area contributed by atoms with Gasteiger partial charge in [-0.3, -0.25) is 9.59 Å². The fourth-order valence-electron chi connectivity index (χ4n) is 4.92. The van der Waals surface area contributed by atoms with Crippen molar-refractivity contribution >= 4 is 28.5 Å². The molecule has 1 unspecified atom stereocenters. The molecule has 0 aliphatic carbocycles. The second-order valence-electron chi connectivity index (χ2n) is 10.5. The number of amides is 1. The number of fused-ring (bicyclic) bond motifs is 2. The summed E-state index contributed by atoms with van der Waals surface area (Å²) in [7, 11) is 1.58. The van der Waals surface area contributed by atoms with Gasteiger partial charge in [-0.15, -0.1) is 0 Å². The second kappa shape index (κ2) is 10.8. The van der Waals surface area contributed by atoms with Gasteiger partial charge in [-0.2, -0.15) is 0 Å². The summed E-state index contributed by atoms with van der Waals surface area (Å²) in [6, 6.07) is 16.2. The van der Waals surface area contributed by atoms with Crippen LogP contribution in [0.5, 0.6) is 11.5 Å². The summed E-state index contributed by atoms with van der Waals surface area (Å²) < 4.78 is 17.8. The summed E-state index contributed by atoms with van der Waals surface area (Å²) in [5.41, 5.74) is 3.94. The molecule has 0 radical (unpaired) electrons. The van der Waals surface area contributed by atoms with E-state index in [9.17, 15) is 9.59 Å². The molecule has 0 N–H and O–H groups in total. The van der Waals surface area contributed by atoms with Crippen LogP contribution in [0.3, 0.4) is 0 Å². The van der Waals surface area contributed by atoms with Crippen LogP contribution in [0.4, 0.5) is 0 Å². The Morgan fingerprint density at radius 1 is 1.00 bits per heavy atom. The third-order valence-corrected chi connectivity index (χ3v) is 7.58. The summed E-state index contributed by atoms with van der Waals surface area (Å²) in [5.74, 6) is 1.39. The maximum absolute atomic E-state index is 13.9. The fraction of sp³-hybridized carbons (Fsp3) is 0.312. The Morgan fingerprint density at radius 2 is 1.74 bits per heavy atom. The first-order chi connectivity index (χ1) is 18.7. The normalized spacial score (nSPS) is 14.8. The van der Waals surface area contributed by atoms with Crippen LogP contribution in [0.1, 0.15) is 64.7 Å². The van der Waals surface area contributed by atoms with Gasteiger partial charge >= 0.3 is 0 Å². The lowest BCUT2D eigenvalue weighted by Gasteiger charge is -2.26. The molecule has 1 aliphatic heterocycles. The summed E-state index contributed by atoms with van der Waals surface area (Å²) >= 11 is 6.37. The van der Waals surface area contributed by atoms with E-state index in [1.54, 1.807) is 24.1 Å². The third kappa shape index (κ3) is 5.13. The predicted octanol–water partition coefficient (Wildman–Crippen LogP) is 7.24. The molecule has 0 saturated heterocycles. The molecule has 7 heteroatoms. The number of hydrogen-bond donors (Lipinski definition) is 0. The molecule has 6 nitrogen and oxygen atoms in total. The van der Waals surface area contributed by atoms with Crippen molar-refractivity contribution in [3.8, 4) is 11.5 Å². The van der Waals surface area contributed by atoms with Gasteiger partial charge in [-0.1, -0.05) is 61.3 Å². The van der Waals surface area contributed by atoms with E-state index in [4.69, 9.17) is 25.5 Å². The number of ether oxygens (including phenoxy) is 2. The SMILES string of the molecule is COc1cc(C2c3c(oc4cc(C)c(Cl)cc4c3=O)C(=O)N2Cc2ccc(C)cc2)ccc1OCCC(C)C. The average Bonchev–Trinajstić information content (AvgIpc) is 3.18. The van der Waals surface area contributed by atoms with Gasteiger partial charge in [-0.05, 0) is 67.1 Å². The lowest BCUT2D eigenvalue weighted by molar-refractivity contribution is 0.0714. The van der Waals surface area contributed by atoms with E-state index in [0.29, 0.717) is 52.1 Å². The number of halogens is 1. The number of methoxy groups -OCH3 is 1. The third-order valence-electron chi connectivity index (χ3n) is 7.18. The van der Waals surface area contributed by atoms with Crippen LogP contribution in [-0.4, -0.2) is 24.5 Å². The van der Waals surface area contributed by atoms with Gasteiger partial charge in [0.15, 0.2) is 16.9 Å². The van der Waals surface area contributed by atoms with Crippen LogP contribution in [-0.2, 0) is 6.54 Å². The summed E-state index contributed by atoms with van der Waals surface area (Å²) in [6.07, 6.45) is 0.913. The molecule has 5 rings (SSSR count). The molecule has 3 aromatic carbocycles. The maximum Gasteiger partial charge on any atom is 0.291 e. The molecular weight excluding hydrogens is 514 g/mol. The summed E-state index contributed by atoms with van der Waals surface area (Å²) in [5, 5.41) is 0.816. The van der Waals surface area contributed by atoms with E-state index in [1.807, 2.05) is 56.3 Å². The van der Waals surface area contributed by atoms with E-state index in [1.165, 1.54) is 0 Å². The quantitative estimate of drug-likeness (QED) is 0.233. The fourth-order valence-corrected chi connectivity index (χ4v) is 5.08. The van der Waals surface area contributed by atoms with E-state index in [0.717, 1.165) is 28.7 Å². The van der Waals surface area contributed by atoms with Gasteiger partial charge in [0.05, 0.1) is 30.7 Å². The smallest absolute Gasteiger partial charge is 0.291 e. The highest BCUT2D eigenvalue weighted by Crippen LogP contribution is 2.42. The predicted molar refractivity (Wildman–Crippen MR) is 153 cm³/mol. The standard InChI is InChI=1S/C32H32ClNO5/c1-18(2)12-13-38-25-11-10-22(15-27(25)37-5)29-28-30(35)23-16-24(33)20(4)14-26(23)39-31(28)32(36)34(29)17-21-8-6-19(3)7-9-21/h6-11,14-16,18,29H,12-13,17H2,1-5H3. The minimum Gasteiger partial charge on any atom is -0.493 e. The van der Waals surface area contributed by atoms with Crippen LogP contribution in [0, 0.1) is 19.8 Å². The van der Waals surface area contributed by atoms with E-state index in [2.05, 4.69) is 13.8 Å². The molecule has 1 amide bonds. The van der Waals surface area contributed by atoms with E-state index >= 15 is 0 Å². The molecule has 0 spiro atoms. The van der Waals surface area contributed by atoms with Gasteiger partial charge in [0.2, 0.25) is 5.76 Å². The molecule has 2 heterocycles. The molecule has 202 valence electrons. The zero-order valence-corrected chi connectivity index (χ0v) is 23.6. The molecule has 39 heavy (non-hydrogen) atoms. The summed E-state index contributed by atoms with van der Waals surface area (Å²) in [4.78, 5) is 29.4. The van der Waals surface area contributed by atoms with Crippen molar-refractivity contribution in [2.24, 2.45) is 5.92 Å². The Balaban J connectivity index is 1.65. The van der Waals surface area contributed by atoms with Crippen molar-refractivity contribution in [3.05, 3.63) is 103 Å². The highest BCUT2D eigenvalue weighted by molar-refractivity contribution is 6.32. The number of nitrogens with zero attached hydrogens (tertiary/aromatic N) is 1. The number of benzene rings is 3. The lowest BCUT2D eigenvalue weighted by Crippen LogP contribution is -2.29. The Hall–Kier alpha value is -3.77. The first-order valence-corrected chi connectivity index (χ1v) is 13.5. The Morgan fingerprint density at radius 3 is 2.44 bits per heavy atom. The minimum atomic E-state index is -0.673. The van der Waals surface area contributed by atoms with Crippen LogP contribution in [0.15, 0.2) is 63.8 Å². The number of aryl methyl sites for hydroxylation is 2. The van der Waals surface area contributed by atoms with E-state index < -0.39 is 6.04 Å².